The Balaban J connectivity index is 1.36. The van der Waals surface area contributed by atoms with Crippen LogP contribution in [0.15, 0.2) is 48.5 Å². The number of carbonyl (C=O) groups is 1. The third-order valence-electron chi connectivity index (χ3n) is 6.19. The summed E-state index contributed by atoms with van der Waals surface area (Å²) >= 11 is 0. The molecule has 1 amide bonds. The van der Waals surface area contributed by atoms with Gasteiger partial charge in [-0.05, 0) is 80.6 Å². The first-order valence-corrected chi connectivity index (χ1v) is 10.4. The Morgan fingerprint density at radius 2 is 1.82 bits per heavy atom. The van der Waals surface area contributed by atoms with Crippen LogP contribution in [-0.4, -0.2) is 42.1 Å². The summed E-state index contributed by atoms with van der Waals surface area (Å²) in [7, 11) is 0. The van der Waals surface area contributed by atoms with Gasteiger partial charge in [0.25, 0.3) is 5.91 Å². The molecular formula is C24H30N2O2. The first kappa shape index (κ1) is 19.2. The molecule has 0 aromatic heterocycles. The highest BCUT2D eigenvalue weighted by Crippen LogP contribution is 2.46. The molecule has 4 rings (SSSR count). The van der Waals surface area contributed by atoms with Crippen molar-refractivity contribution in [3.05, 3.63) is 59.7 Å². The molecule has 0 bridgehead atoms. The van der Waals surface area contributed by atoms with E-state index in [2.05, 4.69) is 10.2 Å². The van der Waals surface area contributed by atoms with Crippen LogP contribution in [0.1, 0.15) is 54.6 Å². The zero-order chi connectivity index (χ0) is 19.6. The zero-order valence-corrected chi connectivity index (χ0v) is 16.7. The fraction of sp³-hybridized carbons (Fsp3) is 0.458. The van der Waals surface area contributed by atoms with Crippen molar-refractivity contribution in [2.24, 2.45) is 5.41 Å². The molecule has 1 heterocycles. The monoisotopic (exact) mass is 378 g/mol. The summed E-state index contributed by atoms with van der Waals surface area (Å²) in [6.07, 6.45) is 4.59. The summed E-state index contributed by atoms with van der Waals surface area (Å²) in [5.74, 6) is 0.0111. The molecule has 4 nitrogen and oxygen atoms in total. The summed E-state index contributed by atoms with van der Waals surface area (Å²) in [5, 5.41) is 12.9. The van der Waals surface area contributed by atoms with Gasteiger partial charge in [0, 0.05) is 24.1 Å². The van der Waals surface area contributed by atoms with Crippen LogP contribution in [0.2, 0.25) is 0 Å². The molecule has 1 saturated carbocycles. The molecule has 148 valence electrons. The number of rotatable bonds is 7. The van der Waals surface area contributed by atoms with E-state index in [-0.39, 0.29) is 5.91 Å². The average molecular weight is 379 g/mol. The maximum absolute atomic E-state index is 12.6. The Bertz CT molecular complexity index is 819. The third-order valence-corrected chi connectivity index (χ3v) is 6.19. The van der Waals surface area contributed by atoms with Crippen LogP contribution in [-0.2, 0) is 0 Å². The summed E-state index contributed by atoms with van der Waals surface area (Å²) in [5.41, 5.74) is 4.00. The summed E-state index contributed by atoms with van der Waals surface area (Å²) in [6, 6.07) is 15.6. The molecule has 0 radical (unpaired) electrons. The van der Waals surface area contributed by atoms with Gasteiger partial charge in [0.1, 0.15) is 0 Å². The standard InChI is InChI=1S/C24H30N2O2/c1-18(27)21-5-4-6-22(15-21)19-7-9-20(10-8-19)23(28)25-16-24(11-12-24)17-26-13-2-3-14-26/h4-10,15,18,27H,2-3,11-14,16-17H2,1H3,(H,25,28). The van der Waals surface area contributed by atoms with Crippen molar-refractivity contribution in [1.82, 2.24) is 10.2 Å². The van der Waals surface area contributed by atoms with Crippen molar-refractivity contribution in [2.75, 3.05) is 26.2 Å². The van der Waals surface area contributed by atoms with Crippen LogP contribution in [0.25, 0.3) is 11.1 Å². The quantitative estimate of drug-likeness (QED) is 0.765. The van der Waals surface area contributed by atoms with Gasteiger partial charge < -0.3 is 15.3 Å². The van der Waals surface area contributed by atoms with Crippen LogP contribution >= 0.6 is 0 Å². The SMILES string of the molecule is CC(O)c1cccc(-c2ccc(C(=O)NCC3(CN4CCCC4)CC3)cc2)c1. The molecular weight excluding hydrogens is 348 g/mol. The Labute approximate surface area is 167 Å². The van der Waals surface area contributed by atoms with E-state index in [0.717, 1.165) is 29.8 Å². The first-order chi connectivity index (χ1) is 13.5. The topological polar surface area (TPSA) is 52.6 Å². The van der Waals surface area contributed by atoms with Gasteiger partial charge >= 0.3 is 0 Å². The number of hydrogen-bond donors (Lipinski definition) is 2. The second-order valence-corrected chi connectivity index (χ2v) is 8.54. The second kappa shape index (κ2) is 8.06. The Morgan fingerprint density at radius 1 is 1.11 bits per heavy atom. The van der Waals surface area contributed by atoms with Gasteiger partial charge in [-0.1, -0.05) is 30.3 Å². The fourth-order valence-electron chi connectivity index (χ4n) is 4.14. The maximum atomic E-state index is 12.6. The zero-order valence-electron chi connectivity index (χ0n) is 16.7. The lowest BCUT2D eigenvalue weighted by molar-refractivity contribution is 0.0940. The largest absolute Gasteiger partial charge is 0.389 e. The maximum Gasteiger partial charge on any atom is 0.251 e. The van der Waals surface area contributed by atoms with Gasteiger partial charge in [0.05, 0.1) is 6.10 Å². The molecule has 1 aliphatic carbocycles. The Morgan fingerprint density at radius 3 is 2.46 bits per heavy atom. The lowest BCUT2D eigenvalue weighted by atomic mass is 10.00. The predicted molar refractivity (Wildman–Crippen MR) is 112 cm³/mol. The molecule has 1 atom stereocenters. The summed E-state index contributed by atoms with van der Waals surface area (Å²) in [4.78, 5) is 15.1. The van der Waals surface area contributed by atoms with E-state index < -0.39 is 6.10 Å². The first-order valence-electron chi connectivity index (χ1n) is 10.4. The van der Waals surface area contributed by atoms with Gasteiger partial charge in [0.2, 0.25) is 0 Å². The fourth-order valence-corrected chi connectivity index (χ4v) is 4.14. The number of hydrogen-bond acceptors (Lipinski definition) is 3. The number of nitrogens with one attached hydrogen (secondary N) is 1. The molecule has 1 saturated heterocycles. The van der Waals surface area contributed by atoms with E-state index in [9.17, 15) is 9.90 Å². The lowest BCUT2D eigenvalue weighted by Gasteiger charge is -2.23. The van der Waals surface area contributed by atoms with Crippen LogP contribution in [0.4, 0.5) is 0 Å². The predicted octanol–water partition coefficient (Wildman–Crippen LogP) is 4.01. The van der Waals surface area contributed by atoms with Crippen molar-refractivity contribution < 1.29 is 9.90 Å². The normalized spacial score (nSPS) is 19.4. The number of benzene rings is 2. The molecule has 2 aromatic carbocycles. The Kier molecular flexibility index (Phi) is 5.51. The highest BCUT2D eigenvalue weighted by molar-refractivity contribution is 5.94. The Hall–Kier alpha value is -2.17. The van der Waals surface area contributed by atoms with E-state index in [1.165, 1.54) is 38.8 Å². The average Bonchev–Trinajstić information content (AvgIpc) is 3.29. The van der Waals surface area contributed by atoms with E-state index in [0.29, 0.717) is 11.0 Å². The summed E-state index contributed by atoms with van der Waals surface area (Å²) in [6.45, 7) is 6.11. The molecule has 1 unspecified atom stereocenters. The van der Waals surface area contributed by atoms with Crippen LogP contribution in [0, 0.1) is 5.41 Å². The highest BCUT2D eigenvalue weighted by atomic mass is 16.3. The van der Waals surface area contributed by atoms with Crippen molar-refractivity contribution in [1.29, 1.82) is 0 Å². The molecule has 4 heteroatoms. The number of likely N-dealkylation sites (tertiary alicyclic amines) is 1. The number of nitrogens with zero attached hydrogens (tertiary/aromatic N) is 1. The molecule has 2 N–H and O–H groups in total. The van der Waals surface area contributed by atoms with Crippen molar-refractivity contribution in [2.45, 2.75) is 38.7 Å². The van der Waals surface area contributed by atoms with Crippen molar-refractivity contribution in [3.8, 4) is 11.1 Å². The van der Waals surface area contributed by atoms with Gasteiger partial charge in [-0.3, -0.25) is 4.79 Å². The molecule has 0 spiro atoms. The molecule has 2 fully saturated rings. The van der Waals surface area contributed by atoms with Crippen molar-refractivity contribution in [3.63, 3.8) is 0 Å². The van der Waals surface area contributed by atoms with Crippen LogP contribution < -0.4 is 5.32 Å². The van der Waals surface area contributed by atoms with Gasteiger partial charge in [-0.25, -0.2) is 0 Å². The number of aliphatic hydroxyl groups excluding tert-OH is 1. The third kappa shape index (κ3) is 4.45. The smallest absolute Gasteiger partial charge is 0.251 e. The highest BCUT2D eigenvalue weighted by Gasteiger charge is 2.44. The van der Waals surface area contributed by atoms with Gasteiger partial charge in [0.15, 0.2) is 0 Å². The molecule has 28 heavy (non-hydrogen) atoms. The van der Waals surface area contributed by atoms with E-state index in [1.807, 2.05) is 48.5 Å². The minimum Gasteiger partial charge on any atom is -0.389 e. The van der Waals surface area contributed by atoms with E-state index in [4.69, 9.17) is 0 Å². The minimum atomic E-state index is -0.486. The molecule has 1 aliphatic heterocycles. The number of carbonyl (C=O) groups excluding carboxylic acids is 1. The second-order valence-electron chi connectivity index (χ2n) is 8.54. The van der Waals surface area contributed by atoms with Crippen LogP contribution in [0.3, 0.4) is 0 Å². The summed E-state index contributed by atoms with van der Waals surface area (Å²) < 4.78 is 0. The van der Waals surface area contributed by atoms with E-state index >= 15 is 0 Å². The van der Waals surface area contributed by atoms with Crippen molar-refractivity contribution >= 4 is 5.91 Å². The van der Waals surface area contributed by atoms with Gasteiger partial charge in [-0.15, -0.1) is 0 Å². The molecule has 2 aromatic rings. The van der Waals surface area contributed by atoms with E-state index in [1.54, 1.807) is 6.92 Å². The van der Waals surface area contributed by atoms with Gasteiger partial charge in [-0.2, -0.15) is 0 Å². The number of aliphatic hydroxyl groups is 1. The molecule has 2 aliphatic rings. The minimum absolute atomic E-state index is 0.0111. The lowest BCUT2D eigenvalue weighted by Crippen LogP contribution is -2.37. The number of amides is 1. The van der Waals surface area contributed by atoms with Crippen LogP contribution in [0.5, 0.6) is 0 Å².